The van der Waals surface area contributed by atoms with Gasteiger partial charge in [-0.05, 0) is 36.2 Å². The SMILES string of the molecule is O=C(O)CCc1ccc2nc(-c3ccco3)[nH]c2c1. The Bertz CT molecular complexity index is 713. The van der Waals surface area contributed by atoms with Gasteiger partial charge >= 0.3 is 5.97 Å². The van der Waals surface area contributed by atoms with Crippen molar-refractivity contribution in [3.63, 3.8) is 0 Å². The predicted molar refractivity (Wildman–Crippen MR) is 69.8 cm³/mol. The molecule has 0 aliphatic carbocycles. The summed E-state index contributed by atoms with van der Waals surface area (Å²) in [6.07, 6.45) is 2.24. The highest BCUT2D eigenvalue weighted by Gasteiger charge is 2.08. The molecule has 5 heteroatoms. The van der Waals surface area contributed by atoms with Crippen LogP contribution in [-0.2, 0) is 11.2 Å². The van der Waals surface area contributed by atoms with E-state index in [1.165, 1.54) is 0 Å². The van der Waals surface area contributed by atoms with Crippen molar-refractivity contribution >= 4 is 17.0 Å². The highest BCUT2D eigenvalue weighted by atomic mass is 16.4. The van der Waals surface area contributed by atoms with Gasteiger partial charge in [0.2, 0.25) is 0 Å². The summed E-state index contributed by atoms with van der Waals surface area (Å²) in [5, 5.41) is 8.68. The van der Waals surface area contributed by atoms with Crippen LogP contribution in [0.5, 0.6) is 0 Å². The molecule has 0 aliphatic heterocycles. The van der Waals surface area contributed by atoms with Gasteiger partial charge in [-0.1, -0.05) is 6.07 Å². The van der Waals surface area contributed by atoms with Crippen molar-refractivity contribution in [1.82, 2.24) is 9.97 Å². The van der Waals surface area contributed by atoms with Gasteiger partial charge in [0.1, 0.15) is 0 Å². The molecule has 96 valence electrons. The van der Waals surface area contributed by atoms with Gasteiger partial charge in [0.25, 0.3) is 0 Å². The van der Waals surface area contributed by atoms with Gasteiger partial charge in [-0.2, -0.15) is 0 Å². The first kappa shape index (κ1) is 11.5. The van der Waals surface area contributed by atoms with Gasteiger partial charge in [-0.15, -0.1) is 0 Å². The van der Waals surface area contributed by atoms with Crippen LogP contribution in [-0.4, -0.2) is 21.0 Å². The van der Waals surface area contributed by atoms with Crippen LogP contribution in [0.1, 0.15) is 12.0 Å². The van der Waals surface area contributed by atoms with Gasteiger partial charge in [-0.25, -0.2) is 4.98 Å². The molecule has 0 radical (unpaired) electrons. The number of fused-ring (bicyclic) bond motifs is 1. The highest BCUT2D eigenvalue weighted by Crippen LogP contribution is 2.21. The second-order valence-corrected chi connectivity index (χ2v) is 4.31. The summed E-state index contributed by atoms with van der Waals surface area (Å²) in [6, 6.07) is 9.36. The predicted octanol–water partition coefficient (Wildman–Crippen LogP) is 2.84. The Hall–Kier alpha value is -2.56. The summed E-state index contributed by atoms with van der Waals surface area (Å²) in [6.45, 7) is 0. The van der Waals surface area contributed by atoms with Crippen LogP contribution in [0.25, 0.3) is 22.6 Å². The number of benzene rings is 1. The number of aromatic nitrogens is 2. The first-order chi connectivity index (χ1) is 9.22. The lowest BCUT2D eigenvalue weighted by molar-refractivity contribution is -0.136. The number of carboxylic acid groups (broad SMARTS) is 1. The maximum atomic E-state index is 10.6. The summed E-state index contributed by atoms with van der Waals surface area (Å²) in [5.74, 6) is 0.569. The zero-order chi connectivity index (χ0) is 13.2. The smallest absolute Gasteiger partial charge is 0.303 e. The van der Waals surface area contributed by atoms with E-state index in [0.717, 1.165) is 16.6 Å². The molecular formula is C14H12N2O3. The number of carboxylic acids is 1. The minimum Gasteiger partial charge on any atom is -0.481 e. The molecule has 0 saturated carbocycles. The Morgan fingerprint density at radius 2 is 2.26 bits per heavy atom. The van der Waals surface area contributed by atoms with Crippen LogP contribution >= 0.6 is 0 Å². The zero-order valence-corrected chi connectivity index (χ0v) is 10.1. The number of hydrogen-bond donors (Lipinski definition) is 2. The number of aryl methyl sites for hydroxylation is 1. The summed E-state index contributed by atoms with van der Waals surface area (Å²) in [4.78, 5) is 18.2. The van der Waals surface area contributed by atoms with Crippen LogP contribution in [0.4, 0.5) is 0 Å². The molecular weight excluding hydrogens is 244 g/mol. The van der Waals surface area contributed by atoms with E-state index < -0.39 is 5.97 Å². The van der Waals surface area contributed by atoms with Gasteiger partial charge in [-0.3, -0.25) is 4.79 Å². The zero-order valence-electron chi connectivity index (χ0n) is 10.1. The molecule has 5 nitrogen and oxygen atoms in total. The quantitative estimate of drug-likeness (QED) is 0.752. The summed E-state index contributed by atoms with van der Waals surface area (Å²) in [5.41, 5.74) is 2.70. The standard InChI is InChI=1S/C14H12N2O3/c17-13(18)6-4-9-3-5-10-11(8-9)16-14(15-10)12-2-1-7-19-12/h1-3,5,7-8H,4,6H2,(H,15,16)(H,17,18). The maximum Gasteiger partial charge on any atom is 0.303 e. The number of hydrogen-bond acceptors (Lipinski definition) is 3. The van der Waals surface area contributed by atoms with Crippen molar-refractivity contribution < 1.29 is 14.3 Å². The molecule has 2 N–H and O–H groups in total. The molecule has 0 bridgehead atoms. The number of aromatic amines is 1. The van der Waals surface area contributed by atoms with Crippen molar-refractivity contribution in [2.45, 2.75) is 12.8 Å². The highest BCUT2D eigenvalue weighted by molar-refractivity contribution is 5.79. The second kappa shape index (κ2) is 4.61. The Kier molecular flexibility index (Phi) is 2.79. The third-order valence-electron chi connectivity index (χ3n) is 2.93. The van der Waals surface area contributed by atoms with Crippen molar-refractivity contribution in [3.8, 4) is 11.6 Å². The number of carbonyl (C=O) groups is 1. The first-order valence-electron chi connectivity index (χ1n) is 5.97. The lowest BCUT2D eigenvalue weighted by atomic mass is 10.1. The molecule has 2 aromatic heterocycles. The van der Waals surface area contributed by atoms with E-state index in [1.54, 1.807) is 12.3 Å². The number of imidazole rings is 1. The van der Waals surface area contributed by atoms with Gasteiger partial charge in [0.05, 0.1) is 17.3 Å². The van der Waals surface area contributed by atoms with Crippen LogP contribution < -0.4 is 0 Å². The third kappa shape index (κ3) is 2.35. The normalized spacial score (nSPS) is 10.9. The van der Waals surface area contributed by atoms with Gasteiger partial charge in [0, 0.05) is 6.42 Å². The molecule has 3 aromatic rings. The third-order valence-corrected chi connectivity index (χ3v) is 2.93. The number of furan rings is 1. The minimum absolute atomic E-state index is 0.130. The summed E-state index contributed by atoms with van der Waals surface area (Å²) < 4.78 is 5.29. The molecule has 0 aliphatic rings. The topological polar surface area (TPSA) is 79.1 Å². The van der Waals surface area contributed by atoms with E-state index in [2.05, 4.69) is 9.97 Å². The molecule has 0 atom stereocenters. The van der Waals surface area contributed by atoms with E-state index >= 15 is 0 Å². The summed E-state index contributed by atoms with van der Waals surface area (Å²) >= 11 is 0. The lowest BCUT2D eigenvalue weighted by Crippen LogP contribution is -1.97. The lowest BCUT2D eigenvalue weighted by Gasteiger charge is -1.97. The van der Waals surface area contributed by atoms with E-state index in [0.29, 0.717) is 18.0 Å². The fourth-order valence-corrected chi connectivity index (χ4v) is 1.99. The van der Waals surface area contributed by atoms with Crippen LogP contribution in [0.15, 0.2) is 41.0 Å². The van der Waals surface area contributed by atoms with E-state index in [4.69, 9.17) is 9.52 Å². The molecule has 0 amide bonds. The van der Waals surface area contributed by atoms with Crippen LogP contribution in [0, 0.1) is 0 Å². The minimum atomic E-state index is -0.791. The Balaban J connectivity index is 1.93. The molecule has 2 heterocycles. The second-order valence-electron chi connectivity index (χ2n) is 4.31. The van der Waals surface area contributed by atoms with Crippen LogP contribution in [0.3, 0.4) is 0 Å². The van der Waals surface area contributed by atoms with Crippen molar-refractivity contribution in [2.75, 3.05) is 0 Å². The molecule has 1 aromatic carbocycles. The van der Waals surface area contributed by atoms with Gasteiger partial charge in [0.15, 0.2) is 11.6 Å². The number of nitrogens with zero attached hydrogens (tertiary/aromatic N) is 1. The number of aliphatic carboxylic acids is 1. The Labute approximate surface area is 108 Å². The molecule has 3 rings (SSSR count). The number of rotatable bonds is 4. The largest absolute Gasteiger partial charge is 0.481 e. The monoisotopic (exact) mass is 256 g/mol. The molecule has 0 spiro atoms. The number of H-pyrrole nitrogens is 1. The average Bonchev–Trinajstić information content (AvgIpc) is 3.04. The van der Waals surface area contributed by atoms with E-state index in [1.807, 2.05) is 24.3 Å². The fraction of sp³-hybridized carbons (Fsp3) is 0.143. The summed E-state index contributed by atoms with van der Waals surface area (Å²) in [7, 11) is 0. The number of nitrogens with one attached hydrogen (secondary N) is 1. The van der Waals surface area contributed by atoms with Crippen molar-refractivity contribution in [1.29, 1.82) is 0 Å². The molecule has 0 fully saturated rings. The first-order valence-corrected chi connectivity index (χ1v) is 5.97. The fourth-order valence-electron chi connectivity index (χ4n) is 1.99. The molecule has 0 saturated heterocycles. The Morgan fingerprint density at radius 3 is 3.00 bits per heavy atom. The van der Waals surface area contributed by atoms with E-state index in [9.17, 15) is 4.79 Å². The maximum absolute atomic E-state index is 10.6. The Morgan fingerprint density at radius 1 is 1.37 bits per heavy atom. The van der Waals surface area contributed by atoms with Crippen molar-refractivity contribution in [3.05, 3.63) is 42.2 Å². The average molecular weight is 256 g/mol. The van der Waals surface area contributed by atoms with Crippen molar-refractivity contribution in [2.24, 2.45) is 0 Å². The molecule has 19 heavy (non-hydrogen) atoms. The van der Waals surface area contributed by atoms with Crippen LogP contribution in [0.2, 0.25) is 0 Å². The molecule has 0 unspecified atom stereocenters. The van der Waals surface area contributed by atoms with Gasteiger partial charge < -0.3 is 14.5 Å². The van der Waals surface area contributed by atoms with E-state index in [-0.39, 0.29) is 6.42 Å².